The Kier molecular flexibility index (Phi) is 4.85. The fraction of sp³-hybridized carbons (Fsp3) is 0.600. The van der Waals surface area contributed by atoms with Crippen molar-refractivity contribution in [3.63, 3.8) is 0 Å². The number of rotatable bonds is 6. The predicted molar refractivity (Wildman–Crippen MR) is 90.9 cm³/mol. The summed E-state index contributed by atoms with van der Waals surface area (Å²) in [6.07, 6.45) is 4.18. The Balaban J connectivity index is 1.59. The van der Waals surface area contributed by atoms with Crippen molar-refractivity contribution in [2.45, 2.75) is 19.4 Å². The van der Waals surface area contributed by atoms with Gasteiger partial charge in [0.1, 0.15) is 11.8 Å². The van der Waals surface area contributed by atoms with Crippen molar-refractivity contribution in [2.75, 3.05) is 36.9 Å². The zero-order chi connectivity index (χ0) is 15.5. The average molecular weight is 321 g/mol. The van der Waals surface area contributed by atoms with Gasteiger partial charge in [-0.3, -0.25) is 0 Å². The van der Waals surface area contributed by atoms with Crippen LogP contribution in [0.4, 0.5) is 5.82 Å². The molecule has 22 heavy (non-hydrogen) atoms. The summed E-state index contributed by atoms with van der Waals surface area (Å²) in [4.78, 5) is 13.8. The number of fused-ring (bicyclic) bond motifs is 1. The van der Waals surface area contributed by atoms with E-state index in [0.717, 1.165) is 54.2 Å². The molecule has 1 fully saturated rings. The number of thioether (sulfide) groups is 1. The van der Waals surface area contributed by atoms with Crippen LogP contribution in [0.1, 0.15) is 12.5 Å². The topological polar surface area (TPSA) is 91.1 Å². The van der Waals surface area contributed by atoms with Gasteiger partial charge in [0.15, 0.2) is 5.82 Å². The Morgan fingerprint density at radius 1 is 1.45 bits per heavy atom. The molecule has 0 saturated carbocycles. The average Bonchev–Trinajstić information content (AvgIpc) is 3.07. The van der Waals surface area contributed by atoms with E-state index < -0.39 is 0 Å². The summed E-state index contributed by atoms with van der Waals surface area (Å²) < 4.78 is 0. The number of anilines is 1. The van der Waals surface area contributed by atoms with Gasteiger partial charge in [-0.25, -0.2) is 9.97 Å². The van der Waals surface area contributed by atoms with Crippen molar-refractivity contribution in [3.05, 3.63) is 18.1 Å². The molecule has 2 atom stereocenters. The van der Waals surface area contributed by atoms with E-state index in [9.17, 15) is 5.11 Å². The number of aliphatic hydroxyl groups excluding tert-OH is 1. The van der Waals surface area contributed by atoms with Gasteiger partial charge in [0.05, 0.1) is 11.6 Å². The van der Waals surface area contributed by atoms with Gasteiger partial charge >= 0.3 is 0 Å². The molecular formula is C15H23N5OS. The number of aromatic amines is 1. The lowest BCUT2D eigenvalue weighted by Gasteiger charge is -2.14. The molecule has 0 radical (unpaired) electrons. The van der Waals surface area contributed by atoms with E-state index in [-0.39, 0.29) is 6.10 Å². The molecule has 0 unspecified atom stereocenters. The third kappa shape index (κ3) is 3.21. The summed E-state index contributed by atoms with van der Waals surface area (Å²) in [5, 5.41) is 10.2. The minimum Gasteiger partial charge on any atom is -0.391 e. The molecule has 1 aliphatic heterocycles. The molecular weight excluding hydrogens is 298 g/mol. The predicted octanol–water partition coefficient (Wildman–Crippen LogP) is 1.13. The molecule has 6 nitrogen and oxygen atoms in total. The third-order valence-corrected chi connectivity index (χ3v) is 5.36. The van der Waals surface area contributed by atoms with Gasteiger partial charge in [0, 0.05) is 31.7 Å². The van der Waals surface area contributed by atoms with Crippen molar-refractivity contribution in [3.8, 4) is 0 Å². The first-order valence-electron chi connectivity index (χ1n) is 7.73. The quantitative estimate of drug-likeness (QED) is 0.739. The molecule has 1 aliphatic rings. The number of nitrogen functional groups attached to an aromatic ring is 1. The minimum atomic E-state index is -0.194. The van der Waals surface area contributed by atoms with Crippen LogP contribution in [0.15, 0.2) is 12.5 Å². The minimum absolute atomic E-state index is 0.194. The smallest absolute Gasteiger partial charge is 0.151 e. The molecule has 2 aromatic heterocycles. The highest BCUT2D eigenvalue weighted by molar-refractivity contribution is 7.99. The Morgan fingerprint density at radius 3 is 3.14 bits per heavy atom. The van der Waals surface area contributed by atoms with Crippen LogP contribution >= 0.6 is 11.8 Å². The number of aliphatic hydroxyl groups is 1. The molecule has 3 heterocycles. The number of nitrogens with one attached hydrogen (secondary N) is 1. The highest BCUT2D eigenvalue weighted by Gasteiger charge is 2.30. The number of hydrogen-bond donors (Lipinski definition) is 3. The zero-order valence-electron chi connectivity index (χ0n) is 12.8. The van der Waals surface area contributed by atoms with Crippen molar-refractivity contribution in [2.24, 2.45) is 5.92 Å². The molecule has 2 aromatic rings. The number of nitrogens with zero attached hydrogens (tertiary/aromatic N) is 3. The van der Waals surface area contributed by atoms with Crippen molar-refractivity contribution >= 4 is 28.6 Å². The monoisotopic (exact) mass is 321 g/mol. The van der Waals surface area contributed by atoms with Gasteiger partial charge in [0.2, 0.25) is 0 Å². The summed E-state index contributed by atoms with van der Waals surface area (Å²) in [5.74, 6) is 3.04. The SMILES string of the molecule is CCSC[C@H]1CN(CCc2c[nH]c3c(N)ncnc23)C[C@@H]1O. The van der Waals surface area contributed by atoms with Gasteiger partial charge in [-0.1, -0.05) is 6.92 Å². The number of hydrogen-bond acceptors (Lipinski definition) is 6. The summed E-state index contributed by atoms with van der Waals surface area (Å²) in [6.45, 7) is 4.84. The zero-order valence-corrected chi connectivity index (χ0v) is 13.6. The summed E-state index contributed by atoms with van der Waals surface area (Å²) in [5.41, 5.74) is 8.72. The second kappa shape index (κ2) is 6.85. The summed E-state index contributed by atoms with van der Waals surface area (Å²) >= 11 is 1.91. The van der Waals surface area contributed by atoms with Gasteiger partial charge in [0.25, 0.3) is 0 Å². The number of H-pyrrole nitrogens is 1. The number of β-amino-alcohol motifs (C(OH)–C–C–N with tert-alkyl or cyclic N) is 1. The molecule has 0 amide bonds. The fourth-order valence-corrected chi connectivity index (χ4v) is 3.90. The highest BCUT2D eigenvalue weighted by atomic mass is 32.2. The van der Waals surface area contributed by atoms with Gasteiger partial charge in [-0.2, -0.15) is 11.8 Å². The number of aromatic nitrogens is 3. The molecule has 0 spiro atoms. The molecule has 120 valence electrons. The Hall–Kier alpha value is -1.31. The van der Waals surface area contributed by atoms with Crippen LogP contribution in [-0.4, -0.2) is 62.2 Å². The molecule has 0 aliphatic carbocycles. The van der Waals surface area contributed by atoms with Crippen molar-refractivity contribution in [1.29, 1.82) is 0 Å². The second-order valence-electron chi connectivity index (χ2n) is 5.79. The van der Waals surface area contributed by atoms with Gasteiger partial charge < -0.3 is 20.7 Å². The van der Waals surface area contributed by atoms with Crippen LogP contribution in [-0.2, 0) is 6.42 Å². The second-order valence-corrected chi connectivity index (χ2v) is 7.11. The van der Waals surface area contributed by atoms with E-state index in [4.69, 9.17) is 5.73 Å². The highest BCUT2D eigenvalue weighted by Crippen LogP contribution is 2.23. The molecule has 0 aromatic carbocycles. The molecule has 0 bridgehead atoms. The van der Waals surface area contributed by atoms with E-state index in [1.54, 1.807) is 0 Å². The fourth-order valence-electron chi connectivity index (χ4n) is 3.04. The number of nitrogens with two attached hydrogens (primary N) is 1. The molecule has 1 saturated heterocycles. The van der Waals surface area contributed by atoms with Gasteiger partial charge in [-0.05, 0) is 23.5 Å². The van der Waals surface area contributed by atoms with Gasteiger partial charge in [-0.15, -0.1) is 0 Å². The molecule has 3 rings (SSSR count). The standard InChI is InChI=1S/C15H23N5OS/c1-2-22-8-11-6-20(7-12(11)21)4-3-10-5-17-14-13(10)18-9-19-15(14)16/h5,9,11-12,17,21H,2-4,6-8H2,1H3,(H2,16,18,19)/t11-,12+/m1/s1. The molecule has 4 N–H and O–H groups in total. The molecule has 7 heteroatoms. The Morgan fingerprint density at radius 2 is 2.32 bits per heavy atom. The summed E-state index contributed by atoms with van der Waals surface area (Å²) in [7, 11) is 0. The van der Waals surface area contributed by atoms with Crippen molar-refractivity contribution < 1.29 is 5.11 Å². The maximum absolute atomic E-state index is 10.2. The van der Waals surface area contributed by atoms with Crippen LogP contribution in [0.3, 0.4) is 0 Å². The van der Waals surface area contributed by atoms with Crippen LogP contribution < -0.4 is 5.73 Å². The number of likely N-dealkylation sites (tertiary alicyclic amines) is 1. The lowest BCUT2D eigenvalue weighted by atomic mass is 10.1. The van der Waals surface area contributed by atoms with Crippen LogP contribution in [0.5, 0.6) is 0 Å². The normalized spacial score (nSPS) is 22.6. The third-order valence-electron chi connectivity index (χ3n) is 4.29. The largest absolute Gasteiger partial charge is 0.391 e. The van der Waals surface area contributed by atoms with E-state index in [2.05, 4.69) is 26.8 Å². The maximum Gasteiger partial charge on any atom is 0.151 e. The van der Waals surface area contributed by atoms with Crippen LogP contribution in [0.25, 0.3) is 11.0 Å². The first-order chi connectivity index (χ1) is 10.7. The first kappa shape index (κ1) is 15.6. The van der Waals surface area contributed by atoms with Crippen LogP contribution in [0, 0.1) is 5.92 Å². The summed E-state index contributed by atoms with van der Waals surface area (Å²) in [6, 6.07) is 0. The van der Waals surface area contributed by atoms with Crippen LogP contribution in [0.2, 0.25) is 0 Å². The Bertz CT molecular complexity index is 631. The van der Waals surface area contributed by atoms with E-state index in [1.165, 1.54) is 6.33 Å². The Labute approximate surface area is 134 Å². The lowest BCUT2D eigenvalue weighted by molar-refractivity contribution is 0.150. The van der Waals surface area contributed by atoms with E-state index in [1.807, 2.05) is 18.0 Å². The van der Waals surface area contributed by atoms with Crippen molar-refractivity contribution in [1.82, 2.24) is 19.9 Å². The van der Waals surface area contributed by atoms with E-state index in [0.29, 0.717) is 11.7 Å². The first-order valence-corrected chi connectivity index (χ1v) is 8.89. The lowest BCUT2D eigenvalue weighted by Crippen LogP contribution is -2.24. The van der Waals surface area contributed by atoms with E-state index >= 15 is 0 Å². The maximum atomic E-state index is 10.2.